The van der Waals surface area contributed by atoms with Crippen molar-refractivity contribution in [2.24, 2.45) is 0 Å². The largest absolute Gasteiger partial charge is 0.495 e. The zero-order valence-electron chi connectivity index (χ0n) is 14.5. The molecule has 1 saturated heterocycles. The number of anilines is 2. The van der Waals surface area contributed by atoms with Crippen LogP contribution in [0.4, 0.5) is 11.4 Å². The first-order chi connectivity index (χ1) is 12.0. The van der Waals surface area contributed by atoms with Gasteiger partial charge in [-0.3, -0.25) is 9.52 Å². The molecule has 3 rings (SSSR count). The molecule has 1 amide bonds. The van der Waals surface area contributed by atoms with Crippen molar-refractivity contribution in [1.82, 2.24) is 4.90 Å². The maximum absolute atomic E-state index is 12.6. The molecule has 1 aromatic carbocycles. The van der Waals surface area contributed by atoms with Crippen molar-refractivity contribution in [1.29, 1.82) is 0 Å². The molecule has 2 aliphatic rings. The number of nitrogens with one attached hydrogen (secondary N) is 1. The number of carbonyl (C=O) groups excluding carboxylic acids is 1. The van der Waals surface area contributed by atoms with Gasteiger partial charge in [0.25, 0.3) is 0 Å². The van der Waals surface area contributed by atoms with E-state index in [4.69, 9.17) is 4.74 Å². The highest BCUT2D eigenvalue weighted by Crippen LogP contribution is 2.33. The van der Waals surface area contributed by atoms with E-state index in [0.717, 1.165) is 38.0 Å². The average molecular weight is 367 g/mol. The van der Waals surface area contributed by atoms with Crippen LogP contribution in [-0.4, -0.2) is 58.3 Å². The van der Waals surface area contributed by atoms with Gasteiger partial charge in [-0.15, -0.1) is 0 Å². The zero-order chi connectivity index (χ0) is 17.9. The molecule has 1 aliphatic carbocycles. The molecule has 0 aromatic heterocycles. The second-order valence-corrected chi connectivity index (χ2v) is 8.53. The first kappa shape index (κ1) is 17.8. The summed E-state index contributed by atoms with van der Waals surface area (Å²) < 4.78 is 33.3. The predicted molar refractivity (Wildman–Crippen MR) is 97.6 cm³/mol. The number of amides is 1. The molecule has 1 aromatic rings. The Hall–Kier alpha value is -1.96. The molecule has 0 unspecified atom stereocenters. The number of nitrogens with zero attached hydrogens (tertiary/aromatic N) is 2. The predicted octanol–water partition coefficient (Wildman–Crippen LogP) is 1.66. The van der Waals surface area contributed by atoms with E-state index < -0.39 is 10.0 Å². The van der Waals surface area contributed by atoms with Crippen molar-refractivity contribution in [3.05, 3.63) is 18.2 Å². The molecule has 0 bridgehead atoms. The van der Waals surface area contributed by atoms with Crippen LogP contribution < -0.4 is 14.4 Å². The molecule has 1 saturated carbocycles. The monoisotopic (exact) mass is 367 g/mol. The molecule has 0 atom stereocenters. The third kappa shape index (κ3) is 4.00. The molecule has 1 N–H and O–H groups in total. The van der Waals surface area contributed by atoms with Crippen LogP contribution in [-0.2, 0) is 14.8 Å². The lowest BCUT2D eigenvalue weighted by Gasteiger charge is -2.34. The van der Waals surface area contributed by atoms with E-state index in [-0.39, 0.29) is 5.25 Å². The van der Waals surface area contributed by atoms with E-state index in [1.54, 1.807) is 11.0 Å². The summed E-state index contributed by atoms with van der Waals surface area (Å²) in [6.45, 7) is 2.77. The zero-order valence-corrected chi connectivity index (χ0v) is 15.3. The van der Waals surface area contributed by atoms with Gasteiger partial charge >= 0.3 is 0 Å². The summed E-state index contributed by atoms with van der Waals surface area (Å²) in [4.78, 5) is 14.7. The smallest absolute Gasteiger partial charge is 0.235 e. The van der Waals surface area contributed by atoms with Crippen molar-refractivity contribution in [3.8, 4) is 5.75 Å². The molecule has 25 heavy (non-hydrogen) atoms. The Labute approximate surface area is 149 Å². The van der Waals surface area contributed by atoms with Crippen molar-refractivity contribution in [3.63, 3.8) is 0 Å². The summed E-state index contributed by atoms with van der Waals surface area (Å²) in [5, 5.41) is -0.322. The normalized spacial score (nSPS) is 19.1. The number of hydrogen-bond donors (Lipinski definition) is 1. The third-order valence-corrected chi connectivity index (χ3v) is 6.86. The quantitative estimate of drug-likeness (QED) is 0.774. The van der Waals surface area contributed by atoms with Gasteiger partial charge < -0.3 is 14.5 Å². The minimum Gasteiger partial charge on any atom is -0.495 e. The van der Waals surface area contributed by atoms with E-state index in [2.05, 4.69) is 9.62 Å². The molecule has 8 heteroatoms. The van der Waals surface area contributed by atoms with Crippen LogP contribution >= 0.6 is 0 Å². The van der Waals surface area contributed by atoms with E-state index in [9.17, 15) is 13.2 Å². The summed E-state index contributed by atoms with van der Waals surface area (Å²) in [6.07, 6.45) is 4.22. The van der Waals surface area contributed by atoms with E-state index in [1.165, 1.54) is 7.11 Å². The minimum atomic E-state index is -3.41. The topological polar surface area (TPSA) is 79.0 Å². The van der Waals surface area contributed by atoms with E-state index in [1.807, 2.05) is 12.1 Å². The fourth-order valence-corrected chi connectivity index (χ4v) is 5.08. The molecule has 2 fully saturated rings. The number of piperazine rings is 1. The third-order valence-electron chi connectivity index (χ3n) is 5.00. The van der Waals surface area contributed by atoms with Crippen LogP contribution in [0.3, 0.4) is 0 Å². The summed E-state index contributed by atoms with van der Waals surface area (Å²) in [5.74, 6) is 0.511. The van der Waals surface area contributed by atoms with Gasteiger partial charge in [-0.2, -0.15) is 0 Å². The van der Waals surface area contributed by atoms with Gasteiger partial charge in [-0.1, -0.05) is 12.8 Å². The Balaban J connectivity index is 1.79. The first-order valence-corrected chi connectivity index (χ1v) is 10.2. The van der Waals surface area contributed by atoms with Gasteiger partial charge in [0.2, 0.25) is 16.4 Å². The van der Waals surface area contributed by atoms with Crippen molar-refractivity contribution in [2.75, 3.05) is 42.9 Å². The number of hydrogen-bond acceptors (Lipinski definition) is 5. The second-order valence-electron chi connectivity index (χ2n) is 6.57. The standard InChI is InChI=1S/C17H25N3O4S/c1-24-17-7-6-14(20-10-8-19(13-21)9-11-20)12-16(17)18-25(22,23)15-4-2-3-5-15/h6-7,12-13,15,18H,2-5,8-11H2,1H3. The molecule has 7 nitrogen and oxygen atoms in total. The lowest BCUT2D eigenvalue weighted by molar-refractivity contribution is -0.118. The summed E-state index contributed by atoms with van der Waals surface area (Å²) in [6, 6.07) is 5.53. The molecule has 138 valence electrons. The highest BCUT2D eigenvalue weighted by atomic mass is 32.2. The van der Waals surface area contributed by atoms with Crippen LogP contribution in [0.5, 0.6) is 5.75 Å². The Morgan fingerprint density at radius 2 is 1.84 bits per heavy atom. The molecule has 0 spiro atoms. The van der Waals surface area contributed by atoms with E-state index in [0.29, 0.717) is 37.4 Å². The second kappa shape index (κ2) is 7.51. The van der Waals surface area contributed by atoms with E-state index >= 15 is 0 Å². The SMILES string of the molecule is COc1ccc(N2CCN(C=O)CC2)cc1NS(=O)(=O)C1CCCC1. The molecular weight excluding hydrogens is 342 g/mol. The van der Waals surface area contributed by atoms with Crippen molar-refractivity contribution >= 4 is 27.8 Å². The first-order valence-electron chi connectivity index (χ1n) is 8.67. The van der Waals surface area contributed by atoms with Gasteiger partial charge in [-0.25, -0.2) is 8.42 Å². The molecule has 1 heterocycles. The number of methoxy groups -OCH3 is 1. The van der Waals surface area contributed by atoms with Gasteiger partial charge in [0.1, 0.15) is 5.75 Å². The van der Waals surface area contributed by atoms with Crippen molar-refractivity contribution < 1.29 is 17.9 Å². The van der Waals surface area contributed by atoms with Crippen LogP contribution in [0.2, 0.25) is 0 Å². The molecule has 1 aliphatic heterocycles. The Kier molecular flexibility index (Phi) is 5.36. The van der Waals surface area contributed by atoms with Crippen LogP contribution in [0, 0.1) is 0 Å². The fourth-order valence-electron chi connectivity index (χ4n) is 3.49. The lowest BCUT2D eigenvalue weighted by Crippen LogP contribution is -2.45. The number of rotatable bonds is 6. The Morgan fingerprint density at radius 1 is 1.16 bits per heavy atom. The summed E-state index contributed by atoms with van der Waals surface area (Å²) in [5.41, 5.74) is 1.40. The van der Waals surface area contributed by atoms with Crippen molar-refractivity contribution in [2.45, 2.75) is 30.9 Å². The fraction of sp³-hybridized carbons (Fsp3) is 0.588. The Morgan fingerprint density at radius 3 is 2.44 bits per heavy atom. The van der Waals surface area contributed by atoms with Gasteiger partial charge in [0, 0.05) is 31.9 Å². The summed E-state index contributed by atoms with van der Waals surface area (Å²) >= 11 is 0. The van der Waals surface area contributed by atoms with Gasteiger partial charge in [-0.05, 0) is 31.0 Å². The van der Waals surface area contributed by atoms with Crippen LogP contribution in [0.25, 0.3) is 0 Å². The summed E-state index contributed by atoms with van der Waals surface area (Å²) in [7, 11) is -1.88. The highest BCUT2D eigenvalue weighted by Gasteiger charge is 2.29. The highest BCUT2D eigenvalue weighted by molar-refractivity contribution is 7.93. The maximum Gasteiger partial charge on any atom is 0.235 e. The van der Waals surface area contributed by atoms with Crippen LogP contribution in [0.15, 0.2) is 18.2 Å². The number of ether oxygens (including phenoxy) is 1. The maximum atomic E-state index is 12.6. The minimum absolute atomic E-state index is 0.322. The molecule has 0 radical (unpaired) electrons. The number of benzene rings is 1. The number of sulfonamides is 1. The van der Waals surface area contributed by atoms with Gasteiger partial charge in [0.15, 0.2) is 0 Å². The van der Waals surface area contributed by atoms with Gasteiger partial charge in [0.05, 0.1) is 18.0 Å². The van der Waals surface area contributed by atoms with Crippen LogP contribution in [0.1, 0.15) is 25.7 Å². The molecular formula is C17H25N3O4S. The lowest BCUT2D eigenvalue weighted by atomic mass is 10.2. The average Bonchev–Trinajstić information content (AvgIpc) is 3.17. The Bertz CT molecular complexity index is 709. The number of carbonyl (C=O) groups is 1.